The van der Waals surface area contributed by atoms with Crippen LogP contribution in [0.4, 0.5) is 0 Å². The Balaban J connectivity index is 1.68. The lowest BCUT2D eigenvalue weighted by Crippen LogP contribution is -2.42. The van der Waals surface area contributed by atoms with Crippen LogP contribution in [0.25, 0.3) is 0 Å². The van der Waals surface area contributed by atoms with Gasteiger partial charge in [-0.3, -0.25) is 9.69 Å². The molecule has 0 aromatic heterocycles. The molecule has 1 saturated heterocycles. The van der Waals surface area contributed by atoms with Crippen molar-refractivity contribution in [3.8, 4) is 0 Å². The predicted octanol–water partition coefficient (Wildman–Crippen LogP) is 4.06. The smallest absolute Gasteiger partial charge is 0.254 e. The molecule has 174 valence electrons. The molecule has 0 spiro atoms. The van der Waals surface area contributed by atoms with Crippen LogP contribution >= 0.6 is 0 Å². The summed E-state index contributed by atoms with van der Waals surface area (Å²) >= 11 is 0. The number of sulfonamides is 1. The van der Waals surface area contributed by atoms with Gasteiger partial charge in [0, 0.05) is 43.3 Å². The van der Waals surface area contributed by atoms with Gasteiger partial charge >= 0.3 is 0 Å². The molecule has 3 rings (SSSR count). The Bertz CT molecular complexity index is 993. The summed E-state index contributed by atoms with van der Waals surface area (Å²) in [5.74, 6) is -0.0504. The number of rotatable bonds is 9. The average molecular weight is 458 g/mol. The number of carbonyl (C=O) groups is 1. The van der Waals surface area contributed by atoms with Gasteiger partial charge in [0.05, 0.1) is 4.90 Å². The Morgan fingerprint density at radius 2 is 1.75 bits per heavy atom. The highest BCUT2D eigenvalue weighted by molar-refractivity contribution is 7.89. The number of hydrogen-bond acceptors (Lipinski definition) is 4. The van der Waals surface area contributed by atoms with Gasteiger partial charge in [-0.05, 0) is 63.4 Å². The molecule has 1 heterocycles. The van der Waals surface area contributed by atoms with Crippen LogP contribution in [0.3, 0.4) is 0 Å². The summed E-state index contributed by atoms with van der Waals surface area (Å²) in [6.45, 7) is 10.4. The van der Waals surface area contributed by atoms with Crippen molar-refractivity contribution in [2.45, 2.75) is 63.6 Å². The van der Waals surface area contributed by atoms with E-state index in [1.165, 1.54) is 17.7 Å². The summed E-state index contributed by atoms with van der Waals surface area (Å²) in [6, 6.07) is 17.0. The fourth-order valence-corrected chi connectivity index (χ4v) is 5.57. The summed E-state index contributed by atoms with van der Waals surface area (Å²) in [7, 11) is -3.58. The standard InChI is InChI=1S/C25H35N3O3S/c1-5-19(3)26-32(30,31)24-14-12-22(13-15-24)25(29)28(6-2)23-16-17-27(18-23)20(4)21-10-8-7-9-11-21/h7-15,19-20,23,26H,5-6,16-18H2,1-4H3/t19-,20-,23-/m0/s1. The fraction of sp³-hybridized carbons (Fsp3) is 0.480. The average Bonchev–Trinajstić information content (AvgIpc) is 3.29. The molecule has 2 aromatic carbocycles. The molecule has 6 nitrogen and oxygen atoms in total. The van der Waals surface area contributed by atoms with Crippen LogP contribution in [0.5, 0.6) is 0 Å². The molecule has 3 atom stereocenters. The minimum atomic E-state index is -3.58. The molecule has 1 fully saturated rings. The molecule has 32 heavy (non-hydrogen) atoms. The first-order valence-corrected chi connectivity index (χ1v) is 13.0. The van der Waals surface area contributed by atoms with E-state index in [-0.39, 0.29) is 22.9 Å². The number of hydrogen-bond donors (Lipinski definition) is 1. The monoisotopic (exact) mass is 457 g/mol. The molecule has 1 aliphatic heterocycles. The SMILES string of the molecule is CC[C@H](C)NS(=O)(=O)c1ccc(C(=O)N(CC)[C@H]2CCN([C@@H](C)c3ccccc3)C2)cc1. The molecule has 1 N–H and O–H groups in total. The van der Waals surface area contributed by atoms with E-state index in [0.717, 1.165) is 19.5 Å². The molecule has 1 aliphatic rings. The Kier molecular flexibility index (Phi) is 8.09. The van der Waals surface area contributed by atoms with E-state index in [2.05, 4.69) is 40.8 Å². The molecular weight excluding hydrogens is 422 g/mol. The molecular formula is C25H35N3O3S. The molecule has 0 unspecified atom stereocenters. The number of likely N-dealkylation sites (tertiary alicyclic amines) is 1. The van der Waals surface area contributed by atoms with Crippen molar-refractivity contribution < 1.29 is 13.2 Å². The Morgan fingerprint density at radius 1 is 1.09 bits per heavy atom. The quantitative estimate of drug-likeness (QED) is 0.616. The van der Waals surface area contributed by atoms with Crippen molar-refractivity contribution in [2.24, 2.45) is 0 Å². The van der Waals surface area contributed by atoms with Gasteiger partial charge in [-0.15, -0.1) is 0 Å². The van der Waals surface area contributed by atoms with Gasteiger partial charge in [0.2, 0.25) is 10.0 Å². The van der Waals surface area contributed by atoms with Crippen LogP contribution in [0.2, 0.25) is 0 Å². The first-order valence-electron chi connectivity index (χ1n) is 11.5. The van der Waals surface area contributed by atoms with Crippen molar-refractivity contribution in [1.29, 1.82) is 0 Å². The number of benzene rings is 2. The van der Waals surface area contributed by atoms with Gasteiger partial charge in [-0.1, -0.05) is 37.3 Å². The fourth-order valence-electron chi connectivity index (χ4n) is 4.24. The summed E-state index contributed by atoms with van der Waals surface area (Å²) in [5.41, 5.74) is 1.80. The highest BCUT2D eigenvalue weighted by Gasteiger charge is 2.32. The second-order valence-electron chi connectivity index (χ2n) is 8.57. The van der Waals surface area contributed by atoms with Crippen molar-refractivity contribution in [3.05, 3.63) is 65.7 Å². The Morgan fingerprint density at radius 3 is 2.34 bits per heavy atom. The number of nitrogens with zero attached hydrogens (tertiary/aromatic N) is 2. The summed E-state index contributed by atoms with van der Waals surface area (Å²) in [4.78, 5) is 17.8. The zero-order valence-corrected chi connectivity index (χ0v) is 20.3. The molecule has 7 heteroatoms. The van der Waals surface area contributed by atoms with E-state index in [0.29, 0.717) is 24.6 Å². The topological polar surface area (TPSA) is 69.7 Å². The second kappa shape index (κ2) is 10.6. The zero-order valence-electron chi connectivity index (χ0n) is 19.5. The van der Waals surface area contributed by atoms with Gasteiger partial charge in [0.1, 0.15) is 0 Å². The van der Waals surface area contributed by atoms with E-state index < -0.39 is 10.0 Å². The normalized spacial score (nSPS) is 18.9. The van der Waals surface area contributed by atoms with Crippen molar-refractivity contribution in [3.63, 3.8) is 0 Å². The second-order valence-corrected chi connectivity index (χ2v) is 10.3. The predicted molar refractivity (Wildman–Crippen MR) is 128 cm³/mol. The van der Waals surface area contributed by atoms with Gasteiger partial charge < -0.3 is 4.90 Å². The van der Waals surface area contributed by atoms with Gasteiger partial charge in [-0.2, -0.15) is 0 Å². The third-order valence-corrected chi connectivity index (χ3v) is 8.05. The van der Waals surface area contributed by atoms with Crippen LogP contribution in [0.15, 0.2) is 59.5 Å². The summed E-state index contributed by atoms with van der Waals surface area (Å²) in [6.07, 6.45) is 1.64. The lowest BCUT2D eigenvalue weighted by atomic mass is 10.1. The van der Waals surface area contributed by atoms with E-state index in [1.807, 2.05) is 31.7 Å². The van der Waals surface area contributed by atoms with Gasteiger partial charge in [-0.25, -0.2) is 13.1 Å². The minimum absolute atomic E-state index is 0.0504. The number of carbonyl (C=O) groups excluding carboxylic acids is 1. The van der Waals surface area contributed by atoms with Crippen molar-refractivity contribution in [2.75, 3.05) is 19.6 Å². The first kappa shape index (κ1) is 24.4. The van der Waals surface area contributed by atoms with Crippen molar-refractivity contribution >= 4 is 15.9 Å². The molecule has 0 radical (unpaired) electrons. The maximum absolute atomic E-state index is 13.2. The van der Waals surface area contributed by atoms with E-state index in [4.69, 9.17) is 0 Å². The molecule has 0 bridgehead atoms. The van der Waals surface area contributed by atoms with Gasteiger partial charge in [0.25, 0.3) is 5.91 Å². The molecule has 2 aromatic rings. The van der Waals surface area contributed by atoms with Crippen LogP contribution in [0.1, 0.15) is 62.5 Å². The number of likely N-dealkylation sites (N-methyl/N-ethyl adjacent to an activating group) is 1. The van der Waals surface area contributed by atoms with Crippen LogP contribution in [0, 0.1) is 0 Å². The third-order valence-electron chi connectivity index (χ3n) is 6.45. The lowest BCUT2D eigenvalue weighted by Gasteiger charge is -2.30. The van der Waals surface area contributed by atoms with Crippen molar-refractivity contribution in [1.82, 2.24) is 14.5 Å². The summed E-state index contributed by atoms with van der Waals surface area (Å²) < 4.78 is 27.6. The van der Waals surface area contributed by atoms with E-state index in [9.17, 15) is 13.2 Å². The van der Waals surface area contributed by atoms with Crippen LogP contribution < -0.4 is 4.72 Å². The number of nitrogens with one attached hydrogen (secondary N) is 1. The highest BCUT2D eigenvalue weighted by atomic mass is 32.2. The highest BCUT2D eigenvalue weighted by Crippen LogP contribution is 2.27. The zero-order chi connectivity index (χ0) is 23.3. The Labute approximate surface area is 192 Å². The largest absolute Gasteiger partial charge is 0.335 e. The van der Waals surface area contributed by atoms with Crippen LogP contribution in [-0.4, -0.2) is 55.8 Å². The molecule has 1 amide bonds. The lowest BCUT2D eigenvalue weighted by molar-refractivity contribution is 0.0689. The third kappa shape index (κ3) is 5.57. The minimum Gasteiger partial charge on any atom is -0.335 e. The van der Waals surface area contributed by atoms with E-state index >= 15 is 0 Å². The Hall–Kier alpha value is -2.22. The number of amides is 1. The van der Waals surface area contributed by atoms with E-state index in [1.54, 1.807) is 12.1 Å². The summed E-state index contributed by atoms with van der Waals surface area (Å²) in [5, 5.41) is 0. The van der Waals surface area contributed by atoms with Crippen LogP contribution in [-0.2, 0) is 10.0 Å². The molecule has 0 aliphatic carbocycles. The maximum atomic E-state index is 13.2. The maximum Gasteiger partial charge on any atom is 0.254 e. The molecule has 0 saturated carbocycles. The first-order chi connectivity index (χ1) is 15.3. The van der Waals surface area contributed by atoms with Gasteiger partial charge in [0.15, 0.2) is 0 Å².